The van der Waals surface area contributed by atoms with Gasteiger partial charge in [-0.2, -0.15) is 0 Å². The van der Waals surface area contributed by atoms with Gasteiger partial charge in [0.25, 0.3) is 5.91 Å². The van der Waals surface area contributed by atoms with E-state index < -0.39 is 40.8 Å². The van der Waals surface area contributed by atoms with Crippen LogP contribution in [0.3, 0.4) is 0 Å². The molecule has 3 aromatic rings. The topological polar surface area (TPSA) is 76.2 Å². The van der Waals surface area contributed by atoms with E-state index in [2.05, 4.69) is 0 Å². The molecule has 2 saturated heterocycles. The van der Waals surface area contributed by atoms with Crippen LogP contribution >= 0.6 is 0 Å². The van der Waals surface area contributed by atoms with E-state index in [0.717, 1.165) is 16.7 Å². The first-order chi connectivity index (χ1) is 19.0. The molecule has 2 aliphatic heterocycles. The number of nitrogens with zero attached hydrogens (tertiary/aromatic N) is 2. The molecule has 40 heavy (non-hydrogen) atoms. The molecule has 3 aromatic carbocycles. The van der Waals surface area contributed by atoms with Gasteiger partial charge in [0.15, 0.2) is 0 Å². The number of likely N-dealkylation sites (tertiary alicyclic amines) is 1. The summed E-state index contributed by atoms with van der Waals surface area (Å²) >= 11 is 0. The Bertz CT molecular complexity index is 1390. The molecule has 2 aliphatic rings. The Morgan fingerprint density at radius 3 is 1.95 bits per heavy atom. The Morgan fingerprint density at radius 2 is 1.40 bits per heavy atom. The molecule has 0 aliphatic carbocycles. The Morgan fingerprint density at radius 1 is 0.875 bits per heavy atom. The number of amides is 2. The third-order valence-electron chi connectivity index (χ3n) is 7.88. The first-order valence-electron chi connectivity index (χ1n) is 13.6. The molecule has 7 heteroatoms. The first-order valence-corrected chi connectivity index (χ1v) is 13.6. The molecule has 0 aromatic heterocycles. The molecule has 0 spiro atoms. The average molecular weight is 541 g/mol. The van der Waals surface area contributed by atoms with Crippen LogP contribution < -0.4 is 0 Å². The zero-order valence-electron chi connectivity index (χ0n) is 23.7. The van der Waals surface area contributed by atoms with Crippen LogP contribution in [0.2, 0.25) is 0 Å². The van der Waals surface area contributed by atoms with Gasteiger partial charge in [-0.3, -0.25) is 9.69 Å². The second kappa shape index (κ2) is 10.1. The van der Waals surface area contributed by atoms with E-state index in [1.54, 1.807) is 23.6 Å². The van der Waals surface area contributed by atoms with Crippen LogP contribution in [0.25, 0.3) is 0 Å². The summed E-state index contributed by atoms with van der Waals surface area (Å²) in [6, 6.07) is 27.7. The zero-order chi connectivity index (χ0) is 28.7. The maximum absolute atomic E-state index is 14.6. The summed E-state index contributed by atoms with van der Waals surface area (Å²) in [4.78, 5) is 45.1. The Kier molecular flexibility index (Phi) is 6.94. The monoisotopic (exact) mass is 540 g/mol. The molecular formula is C33H36N2O5. The van der Waals surface area contributed by atoms with E-state index in [4.69, 9.17) is 9.47 Å². The molecule has 2 heterocycles. The maximum Gasteiger partial charge on any atom is 0.411 e. The smallest absolute Gasteiger partial charge is 0.411 e. The highest BCUT2D eigenvalue weighted by atomic mass is 16.6. The second-order valence-electron chi connectivity index (χ2n) is 11.9. The van der Waals surface area contributed by atoms with Crippen molar-refractivity contribution in [3.63, 3.8) is 0 Å². The van der Waals surface area contributed by atoms with Gasteiger partial charge >= 0.3 is 12.1 Å². The molecule has 2 fully saturated rings. The highest BCUT2D eigenvalue weighted by Crippen LogP contribution is 2.55. The number of benzene rings is 3. The molecule has 208 valence electrons. The normalized spacial score (nSPS) is 24.2. The number of carbonyl (C=O) groups is 3. The molecule has 5 rings (SSSR count). The maximum atomic E-state index is 14.6. The van der Waals surface area contributed by atoms with Gasteiger partial charge in [0.05, 0.1) is 12.1 Å². The molecule has 0 N–H and O–H groups in total. The Hall–Kier alpha value is -4.13. The zero-order valence-corrected chi connectivity index (χ0v) is 23.7. The van der Waals surface area contributed by atoms with E-state index in [1.807, 2.05) is 112 Å². The summed E-state index contributed by atoms with van der Waals surface area (Å²) in [6.45, 7) is 9.13. The molecule has 0 radical (unpaired) electrons. The van der Waals surface area contributed by atoms with Crippen molar-refractivity contribution in [2.45, 2.75) is 69.8 Å². The number of β-lactam (4-membered cyclic amide) rings is 1. The lowest BCUT2D eigenvalue weighted by molar-refractivity contribution is -0.201. The van der Waals surface area contributed by atoms with Crippen molar-refractivity contribution >= 4 is 18.0 Å². The predicted molar refractivity (Wildman–Crippen MR) is 151 cm³/mol. The van der Waals surface area contributed by atoms with E-state index in [9.17, 15) is 14.4 Å². The van der Waals surface area contributed by atoms with E-state index in [1.165, 1.54) is 0 Å². The largest absolute Gasteiger partial charge is 0.458 e. The van der Waals surface area contributed by atoms with Crippen molar-refractivity contribution < 1.29 is 23.9 Å². The lowest BCUT2D eigenvalue weighted by Gasteiger charge is -2.62. The summed E-state index contributed by atoms with van der Waals surface area (Å²) < 4.78 is 11.5. The number of esters is 1. The molecule has 0 unspecified atom stereocenters. The van der Waals surface area contributed by atoms with Crippen molar-refractivity contribution in [1.29, 1.82) is 0 Å². The third kappa shape index (κ3) is 4.63. The van der Waals surface area contributed by atoms with E-state index in [-0.39, 0.29) is 18.9 Å². The molecule has 4 atom stereocenters. The van der Waals surface area contributed by atoms with Gasteiger partial charge in [-0.05, 0) is 51.3 Å². The summed E-state index contributed by atoms with van der Waals surface area (Å²) in [5, 5.41) is 0. The predicted octanol–water partition coefficient (Wildman–Crippen LogP) is 5.87. The van der Waals surface area contributed by atoms with Gasteiger partial charge in [-0.25, -0.2) is 9.59 Å². The first kappa shape index (κ1) is 27.4. The third-order valence-corrected chi connectivity index (χ3v) is 7.88. The van der Waals surface area contributed by atoms with Gasteiger partial charge in [-0.1, -0.05) is 91.0 Å². The van der Waals surface area contributed by atoms with E-state index >= 15 is 0 Å². The molecule has 0 saturated carbocycles. The quantitative estimate of drug-likeness (QED) is 0.277. The summed E-state index contributed by atoms with van der Waals surface area (Å²) in [6.07, 6.45) is -0.298. The number of carbonyl (C=O) groups excluding carboxylic acids is 3. The van der Waals surface area contributed by atoms with Crippen molar-refractivity contribution in [2.24, 2.45) is 0 Å². The average Bonchev–Trinajstić information content (AvgIpc) is 3.32. The van der Waals surface area contributed by atoms with Gasteiger partial charge in [0, 0.05) is 6.42 Å². The standard InChI is InChI=1S/C33H36N2O5/c1-31(2,3)40-29(37)32(4,21-23-15-9-6-10-16-23)35-27(25-19-13-8-14-20-25)33(5,28(35)36)34-26(22-39-30(34)38)24-17-11-7-12-18-24/h6-20,26-27H,21-22H2,1-5H3/t26-,27-,32-,33+/m1/s1. The van der Waals surface area contributed by atoms with Crippen molar-refractivity contribution in [2.75, 3.05) is 6.61 Å². The highest BCUT2D eigenvalue weighted by Gasteiger charge is 2.70. The van der Waals surface area contributed by atoms with Gasteiger partial charge in [0.1, 0.15) is 23.3 Å². The van der Waals surface area contributed by atoms with Crippen LogP contribution in [-0.4, -0.2) is 51.1 Å². The number of rotatable bonds is 7. The summed E-state index contributed by atoms with van der Waals surface area (Å²) in [5.41, 5.74) is -0.809. The van der Waals surface area contributed by atoms with Gasteiger partial charge < -0.3 is 14.4 Å². The minimum absolute atomic E-state index is 0.139. The fourth-order valence-corrected chi connectivity index (χ4v) is 6.01. The Balaban J connectivity index is 1.64. The summed E-state index contributed by atoms with van der Waals surface area (Å²) in [5.74, 6) is -0.825. The minimum atomic E-state index is -1.35. The van der Waals surface area contributed by atoms with Crippen LogP contribution in [0.1, 0.15) is 63.4 Å². The second-order valence-corrected chi connectivity index (χ2v) is 11.9. The number of hydrogen-bond acceptors (Lipinski definition) is 5. The number of hydrogen-bond donors (Lipinski definition) is 0. The fourth-order valence-electron chi connectivity index (χ4n) is 6.01. The Labute approximate surface area is 235 Å². The van der Waals surface area contributed by atoms with Crippen LogP contribution in [-0.2, 0) is 25.5 Å². The van der Waals surface area contributed by atoms with Crippen LogP contribution in [0.5, 0.6) is 0 Å². The number of ether oxygens (including phenoxy) is 2. The van der Waals surface area contributed by atoms with Crippen molar-refractivity contribution in [1.82, 2.24) is 9.80 Å². The molecule has 0 bridgehead atoms. The number of cyclic esters (lactones) is 1. The van der Waals surface area contributed by atoms with Crippen LogP contribution in [0, 0.1) is 0 Å². The lowest BCUT2D eigenvalue weighted by Crippen LogP contribution is -2.80. The van der Waals surface area contributed by atoms with Crippen molar-refractivity contribution in [3.05, 3.63) is 108 Å². The summed E-state index contributed by atoms with van der Waals surface area (Å²) in [7, 11) is 0. The van der Waals surface area contributed by atoms with Crippen LogP contribution in [0.4, 0.5) is 4.79 Å². The lowest BCUT2D eigenvalue weighted by atomic mass is 9.70. The van der Waals surface area contributed by atoms with Gasteiger partial charge in [-0.15, -0.1) is 0 Å². The molecule has 2 amide bonds. The molecular weight excluding hydrogens is 504 g/mol. The van der Waals surface area contributed by atoms with Crippen LogP contribution in [0.15, 0.2) is 91.0 Å². The fraction of sp³-hybridized carbons (Fsp3) is 0.364. The minimum Gasteiger partial charge on any atom is -0.458 e. The van der Waals surface area contributed by atoms with Gasteiger partial charge in [0.2, 0.25) is 0 Å². The molecule has 7 nitrogen and oxygen atoms in total. The van der Waals surface area contributed by atoms with E-state index in [0.29, 0.717) is 0 Å². The van der Waals surface area contributed by atoms with Crippen molar-refractivity contribution in [3.8, 4) is 0 Å². The SMILES string of the molecule is CC(C)(C)OC(=O)[C@@](C)(Cc1ccccc1)N1C(=O)[C@@](C)(N2C(=O)OC[C@@H]2c2ccccc2)[C@H]1c1ccccc1. The highest BCUT2D eigenvalue weighted by molar-refractivity contribution is 6.01.